The molecule has 0 heterocycles. The Morgan fingerprint density at radius 1 is 1.65 bits per heavy atom. The molecule has 0 aliphatic rings. The second kappa shape index (κ2) is 5.65. The summed E-state index contributed by atoms with van der Waals surface area (Å²) >= 11 is 5.65. The first-order valence-electron chi connectivity index (χ1n) is 5.03. The molecule has 1 atom stereocenters. The first-order chi connectivity index (χ1) is 7.95. The first kappa shape index (κ1) is 13.5. The maximum Gasteiger partial charge on any atom is 0.240 e. The highest BCUT2D eigenvalue weighted by Crippen LogP contribution is 2.13. The molecule has 0 N–H and O–H groups in total. The number of alkyl halides is 1. The zero-order chi connectivity index (χ0) is 13.0. The molecule has 3 nitrogen and oxygen atoms in total. The van der Waals surface area contributed by atoms with Crippen molar-refractivity contribution < 1.29 is 9.18 Å². The van der Waals surface area contributed by atoms with E-state index in [0.29, 0.717) is 11.1 Å². The van der Waals surface area contributed by atoms with Gasteiger partial charge in [0.25, 0.3) is 0 Å². The number of carbonyl (C=O) groups excluding carboxylic acids is 1. The standard InChI is InChI=1S/C12H12ClFN2O/c1-8(13)12(17)16(2)7-10-5-9(6-15)3-4-11(10)14/h3-5,8H,7H2,1-2H3. The van der Waals surface area contributed by atoms with Gasteiger partial charge in [0.1, 0.15) is 11.2 Å². The molecule has 5 heteroatoms. The number of halogens is 2. The minimum absolute atomic E-state index is 0.0945. The molecule has 0 aromatic heterocycles. The van der Waals surface area contributed by atoms with Gasteiger partial charge in [0.15, 0.2) is 0 Å². The van der Waals surface area contributed by atoms with E-state index < -0.39 is 11.2 Å². The third-order valence-corrected chi connectivity index (χ3v) is 2.49. The highest BCUT2D eigenvalue weighted by atomic mass is 35.5. The molecule has 1 rings (SSSR count). The van der Waals surface area contributed by atoms with Crippen LogP contribution in [0.2, 0.25) is 0 Å². The molecular weight excluding hydrogens is 243 g/mol. The summed E-state index contributed by atoms with van der Waals surface area (Å²) in [5, 5.41) is 8.06. The van der Waals surface area contributed by atoms with E-state index in [2.05, 4.69) is 0 Å². The highest BCUT2D eigenvalue weighted by Gasteiger charge is 2.16. The van der Waals surface area contributed by atoms with Crippen LogP contribution in [0.5, 0.6) is 0 Å². The molecular formula is C12H12ClFN2O. The summed E-state index contributed by atoms with van der Waals surface area (Å²) in [5.41, 5.74) is 0.665. The fraction of sp³-hybridized carbons (Fsp3) is 0.333. The highest BCUT2D eigenvalue weighted by molar-refractivity contribution is 6.30. The number of nitriles is 1. The normalized spacial score (nSPS) is 11.7. The SMILES string of the molecule is CC(Cl)C(=O)N(C)Cc1cc(C#N)ccc1F. The predicted octanol–water partition coefficient (Wildman–Crippen LogP) is 2.28. The van der Waals surface area contributed by atoms with Crippen molar-refractivity contribution in [2.75, 3.05) is 7.05 Å². The molecule has 0 saturated heterocycles. The van der Waals surface area contributed by atoms with Gasteiger partial charge >= 0.3 is 0 Å². The van der Waals surface area contributed by atoms with Crippen molar-refractivity contribution in [1.29, 1.82) is 5.26 Å². The molecule has 1 aromatic carbocycles. The maximum atomic E-state index is 13.5. The molecule has 90 valence electrons. The van der Waals surface area contributed by atoms with Gasteiger partial charge in [-0.1, -0.05) is 0 Å². The van der Waals surface area contributed by atoms with Crippen molar-refractivity contribution in [2.45, 2.75) is 18.8 Å². The van der Waals surface area contributed by atoms with Gasteiger partial charge in [-0.3, -0.25) is 4.79 Å². The van der Waals surface area contributed by atoms with Crippen molar-refractivity contribution in [1.82, 2.24) is 4.90 Å². The number of benzene rings is 1. The molecule has 0 radical (unpaired) electrons. The number of rotatable bonds is 3. The smallest absolute Gasteiger partial charge is 0.240 e. The van der Waals surface area contributed by atoms with Crippen molar-refractivity contribution in [2.24, 2.45) is 0 Å². The number of hydrogen-bond donors (Lipinski definition) is 0. The molecule has 0 spiro atoms. The van der Waals surface area contributed by atoms with E-state index in [1.165, 1.54) is 23.1 Å². The Morgan fingerprint density at radius 2 is 2.29 bits per heavy atom. The van der Waals surface area contributed by atoms with Crippen LogP contribution >= 0.6 is 11.6 Å². The van der Waals surface area contributed by atoms with Crippen LogP contribution in [0.3, 0.4) is 0 Å². The average Bonchev–Trinajstić information content (AvgIpc) is 2.30. The third kappa shape index (κ3) is 3.43. The van der Waals surface area contributed by atoms with Gasteiger partial charge in [-0.2, -0.15) is 5.26 Å². The molecule has 0 aliphatic carbocycles. The lowest BCUT2D eigenvalue weighted by molar-refractivity contribution is -0.129. The topological polar surface area (TPSA) is 44.1 Å². The Balaban J connectivity index is 2.88. The largest absolute Gasteiger partial charge is 0.340 e. The Morgan fingerprint density at radius 3 is 2.82 bits per heavy atom. The van der Waals surface area contributed by atoms with Crippen molar-refractivity contribution in [3.05, 3.63) is 35.1 Å². The average molecular weight is 255 g/mol. The maximum absolute atomic E-state index is 13.5. The molecule has 0 fully saturated rings. The van der Waals surface area contributed by atoms with Gasteiger partial charge in [0.2, 0.25) is 5.91 Å². The zero-order valence-electron chi connectivity index (χ0n) is 9.58. The van der Waals surface area contributed by atoms with E-state index in [9.17, 15) is 9.18 Å². The van der Waals surface area contributed by atoms with E-state index >= 15 is 0 Å². The Bertz CT molecular complexity index is 468. The first-order valence-corrected chi connectivity index (χ1v) is 5.47. The summed E-state index contributed by atoms with van der Waals surface area (Å²) < 4.78 is 13.5. The van der Waals surface area contributed by atoms with Crippen LogP contribution in [0.25, 0.3) is 0 Å². The van der Waals surface area contributed by atoms with E-state index in [1.807, 2.05) is 6.07 Å². The van der Waals surface area contributed by atoms with Crippen LogP contribution in [-0.2, 0) is 11.3 Å². The molecule has 1 aromatic rings. The minimum atomic E-state index is -0.651. The lowest BCUT2D eigenvalue weighted by atomic mass is 10.1. The fourth-order valence-electron chi connectivity index (χ4n) is 1.40. The summed E-state index contributed by atoms with van der Waals surface area (Å²) in [7, 11) is 1.54. The van der Waals surface area contributed by atoms with Crippen LogP contribution in [0.1, 0.15) is 18.1 Å². The molecule has 17 heavy (non-hydrogen) atoms. The van der Waals surface area contributed by atoms with E-state index in [-0.39, 0.29) is 12.5 Å². The van der Waals surface area contributed by atoms with Gasteiger partial charge in [-0.25, -0.2) is 4.39 Å². The van der Waals surface area contributed by atoms with Crippen LogP contribution in [0, 0.1) is 17.1 Å². The Kier molecular flexibility index (Phi) is 4.47. The number of nitrogens with zero attached hydrogens (tertiary/aromatic N) is 2. The quantitative estimate of drug-likeness (QED) is 0.777. The second-order valence-electron chi connectivity index (χ2n) is 3.73. The van der Waals surface area contributed by atoms with Crippen LogP contribution < -0.4 is 0 Å². The number of hydrogen-bond acceptors (Lipinski definition) is 2. The van der Waals surface area contributed by atoms with Crippen LogP contribution in [0.4, 0.5) is 4.39 Å². The van der Waals surface area contributed by atoms with Crippen molar-refractivity contribution >= 4 is 17.5 Å². The monoisotopic (exact) mass is 254 g/mol. The Hall–Kier alpha value is -1.60. The summed E-state index contributed by atoms with van der Waals surface area (Å²) in [4.78, 5) is 12.9. The molecule has 0 saturated carbocycles. The van der Waals surface area contributed by atoms with E-state index in [0.717, 1.165) is 0 Å². The lowest BCUT2D eigenvalue weighted by Crippen LogP contribution is -2.31. The van der Waals surface area contributed by atoms with Gasteiger partial charge in [-0.05, 0) is 25.1 Å². The van der Waals surface area contributed by atoms with Crippen LogP contribution in [-0.4, -0.2) is 23.2 Å². The summed E-state index contributed by atoms with van der Waals surface area (Å²) in [6.07, 6.45) is 0. The van der Waals surface area contributed by atoms with Gasteiger partial charge < -0.3 is 4.90 Å². The van der Waals surface area contributed by atoms with Crippen molar-refractivity contribution in [3.63, 3.8) is 0 Å². The fourth-order valence-corrected chi connectivity index (χ4v) is 1.57. The number of amides is 1. The van der Waals surface area contributed by atoms with Crippen molar-refractivity contribution in [3.8, 4) is 6.07 Å². The van der Waals surface area contributed by atoms with Crippen LogP contribution in [0.15, 0.2) is 18.2 Å². The van der Waals surface area contributed by atoms with Gasteiger partial charge in [0, 0.05) is 19.2 Å². The summed E-state index contributed by atoms with van der Waals surface area (Å²) in [6, 6.07) is 5.96. The van der Waals surface area contributed by atoms with E-state index in [4.69, 9.17) is 16.9 Å². The molecule has 0 aliphatic heterocycles. The zero-order valence-corrected chi connectivity index (χ0v) is 10.3. The molecule has 0 bridgehead atoms. The lowest BCUT2D eigenvalue weighted by Gasteiger charge is -2.18. The summed E-state index contributed by atoms with van der Waals surface area (Å²) in [6.45, 7) is 1.65. The summed E-state index contributed by atoms with van der Waals surface area (Å²) in [5.74, 6) is -0.723. The second-order valence-corrected chi connectivity index (χ2v) is 4.38. The third-order valence-electron chi connectivity index (χ3n) is 2.30. The Labute approximate surface area is 104 Å². The molecule has 1 amide bonds. The van der Waals surface area contributed by atoms with Gasteiger partial charge in [0.05, 0.1) is 11.6 Å². The number of carbonyl (C=O) groups is 1. The minimum Gasteiger partial charge on any atom is -0.340 e. The van der Waals surface area contributed by atoms with E-state index in [1.54, 1.807) is 14.0 Å². The predicted molar refractivity (Wildman–Crippen MR) is 62.9 cm³/mol. The van der Waals surface area contributed by atoms with Gasteiger partial charge in [-0.15, -0.1) is 11.6 Å². The molecule has 1 unspecified atom stereocenters.